The number of hydrogen-bond acceptors (Lipinski definition) is 4. The van der Waals surface area contributed by atoms with Crippen molar-refractivity contribution in [2.45, 2.75) is 90.7 Å². The molecule has 3 aromatic rings. The van der Waals surface area contributed by atoms with Gasteiger partial charge in [-0.1, -0.05) is 46.8 Å². The van der Waals surface area contributed by atoms with Crippen LogP contribution in [-0.2, 0) is 15.0 Å². The SMILES string of the molecule is CCCC(=CC(CC(C)C)OC)OCCC1c2cc3c(cc2-c2ccc4ccccc4[n+]2C1(CC)CC)OCCO3. The number of rotatable bonds is 12. The smallest absolute Gasteiger partial charge is 0.213 e. The quantitative estimate of drug-likeness (QED) is 0.166. The molecule has 0 amide bonds. The third-order valence-electron chi connectivity index (χ3n) is 9.09. The third kappa shape index (κ3) is 5.70. The Morgan fingerprint density at radius 3 is 2.44 bits per heavy atom. The largest absolute Gasteiger partial charge is 0.498 e. The minimum Gasteiger partial charge on any atom is -0.498 e. The molecule has 0 radical (unpaired) electrons. The van der Waals surface area contributed by atoms with Crippen molar-refractivity contribution in [2.24, 2.45) is 5.92 Å². The molecule has 3 heterocycles. The first kappa shape index (κ1) is 29.4. The summed E-state index contributed by atoms with van der Waals surface area (Å²) in [5.41, 5.74) is 5.01. The molecule has 2 atom stereocenters. The molecule has 5 heteroatoms. The molecule has 0 bridgehead atoms. The molecule has 2 aliphatic heterocycles. The average molecular weight is 559 g/mol. The van der Waals surface area contributed by atoms with Gasteiger partial charge in [-0.2, -0.15) is 4.57 Å². The zero-order chi connectivity index (χ0) is 29.0. The fourth-order valence-electron chi connectivity index (χ4n) is 7.10. The van der Waals surface area contributed by atoms with E-state index in [-0.39, 0.29) is 17.6 Å². The van der Waals surface area contributed by atoms with Crippen molar-refractivity contribution in [3.05, 3.63) is 65.9 Å². The highest BCUT2D eigenvalue weighted by atomic mass is 16.6. The lowest BCUT2D eigenvalue weighted by atomic mass is 9.68. The van der Waals surface area contributed by atoms with Gasteiger partial charge >= 0.3 is 0 Å². The molecule has 0 aliphatic carbocycles. The summed E-state index contributed by atoms with van der Waals surface area (Å²) in [6, 6.07) is 17.8. The molecule has 0 saturated carbocycles. The van der Waals surface area contributed by atoms with E-state index < -0.39 is 0 Å². The van der Waals surface area contributed by atoms with Gasteiger partial charge in [-0.05, 0) is 61.1 Å². The summed E-state index contributed by atoms with van der Waals surface area (Å²) in [6.07, 6.45) is 8.20. The van der Waals surface area contributed by atoms with Crippen molar-refractivity contribution in [2.75, 3.05) is 26.9 Å². The molecule has 0 N–H and O–H groups in total. The molecule has 2 unspecified atom stereocenters. The Morgan fingerprint density at radius 2 is 1.76 bits per heavy atom. The van der Waals surface area contributed by atoms with E-state index >= 15 is 0 Å². The molecule has 41 heavy (non-hydrogen) atoms. The van der Waals surface area contributed by atoms with E-state index in [1.165, 1.54) is 27.7 Å². The summed E-state index contributed by atoms with van der Waals surface area (Å²) >= 11 is 0. The van der Waals surface area contributed by atoms with Crippen LogP contribution in [0.15, 0.2) is 60.4 Å². The van der Waals surface area contributed by atoms with Crippen molar-refractivity contribution in [3.63, 3.8) is 0 Å². The van der Waals surface area contributed by atoms with Gasteiger partial charge in [0.15, 0.2) is 17.0 Å². The molecule has 220 valence electrons. The van der Waals surface area contributed by atoms with Gasteiger partial charge in [-0.25, -0.2) is 0 Å². The van der Waals surface area contributed by atoms with Crippen LogP contribution in [-0.4, -0.2) is 33.0 Å². The fraction of sp³-hybridized carbons (Fsp3) is 0.528. The van der Waals surface area contributed by atoms with Crippen LogP contribution in [0, 0.1) is 5.92 Å². The number of fused-ring (bicyclic) bond motifs is 6. The number of ether oxygens (including phenoxy) is 4. The Bertz CT molecular complexity index is 1370. The van der Waals surface area contributed by atoms with E-state index in [9.17, 15) is 0 Å². The summed E-state index contributed by atoms with van der Waals surface area (Å²) < 4.78 is 27.2. The maximum Gasteiger partial charge on any atom is 0.213 e. The van der Waals surface area contributed by atoms with Crippen molar-refractivity contribution in [3.8, 4) is 22.8 Å². The summed E-state index contributed by atoms with van der Waals surface area (Å²) in [7, 11) is 1.80. The zero-order valence-corrected chi connectivity index (χ0v) is 25.9. The molecule has 2 aromatic carbocycles. The van der Waals surface area contributed by atoms with Crippen LogP contribution in [0.2, 0.25) is 0 Å². The number of methoxy groups -OCH3 is 1. The van der Waals surface area contributed by atoms with Crippen LogP contribution < -0.4 is 14.0 Å². The van der Waals surface area contributed by atoms with E-state index in [0.29, 0.717) is 25.7 Å². The third-order valence-corrected chi connectivity index (χ3v) is 9.09. The van der Waals surface area contributed by atoms with Gasteiger partial charge in [0.05, 0.1) is 30.0 Å². The molecule has 5 rings (SSSR count). The Kier molecular flexibility index (Phi) is 9.23. The van der Waals surface area contributed by atoms with Crippen LogP contribution >= 0.6 is 0 Å². The van der Waals surface area contributed by atoms with Gasteiger partial charge in [0, 0.05) is 43.9 Å². The number of aromatic nitrogens is 1. The van der Waals surface area contributed by atoms with Crippen LogP contribution in [0.5, 0.6) is 11.5 Å². The molecule has 0 fully saturated rings. The van der Waals surface area contributed by atoms with Gasteiger partial charge < -0.3 is 18.9 Å². The monoisotopic (exact) mass is 558 g/mol. The van der Waals surface area contributed by atoms with Gasteiger partial charge in [0.25, 0.3) is 0 Å². The van der Waals surface area contributed by atoms with Crippen molar-refractivity contribution < 1.29 is 23.5 Å². The van der Waals surface area contributed by atoms with E-state index in [2.05, 4.69) is 93.8 Å². The first-order valence-corrected chi connectivity index (χ1v) is 15.7. The Hall–Kier alpha value is -3.05. The lowest BCUT2D eigenvalue weighted by Gasteiger charge is -2.41. The highest BCUT2D eigenvalue weighted by molar-refractivity contribution is 5.79. The second-order valence-electron chi connectivity index (χ2n) is 12.0. The number of nitrogens with zero attached hydrogens (tertiary/aromatic N) is 1. The van der Waals surface area contributed by atoms with Gasteiger partial charge in [-0.15, -0.1) is 0 Å². The maximum atomic E-state index is 6.60. The topological polar surface area (TPSA) is 40.8 Å². The fourth-order valence-corrected chi connectivity index (χ4v) is 7.10. The molecule has 0 saturated heterocycles. The Morgan fingerprint density at radius 1 is 1.02 bits per heavy atom. The Balaban J connectivity index is 1.57. The summed E-state index contributed by atoms with van der Waals surface area (Å²) in [5, 5.41) is 1.27. The van der Waals surface area contributed by atoms with E-state index in [0.717, 1.165) is 55.8 Å². The minimum atomic E-state index is -0.0995. The molecule has 0 spiro atoms. The molecular formula is C36H48NO4+. The predicted octanol–water partition coefficient (Wildman–Crippen LogP) is 8.33. The van der Waals surface area contributed by atoms with E-state index in [1.54, 1.807) is 7.11 Å². The highest BCUT2D eigenvalue weighted by Crippen LogP contribution is 2.51. The normalized spacial score (nSPS) is 18.2. The number of benzene rings is 2. The minimum absolute atomic E-state index is 0.0785. The van der Waals surface area contributed by atoms with Crippen LogP contribution in [0.4, 0.5) is 0 Å². The molecule has 5 nitrogen and oxygen atoms in total. The highest BCUT2D eigenvalue weighted by Gasteiger charge is 2.52. The summed E-state index contributed by atoms with van der Waals surface area (Å²) in [4.78, 5) is 0. The first-order chi connectivity index (χ1) is 19.9. The zero-order valence-electron chi connectivity index (χ0n) is 25.9. The van der Waals surface area contributed by atoms with Gasteiger partial charge in [0.1, 0.15) is 13.2 Å². The lowest BCUT2D eigenvalue weighted by Crippen LogP contribution is -2.62. The molecular weight excluding hydrogens is 510 g/mol. The number of allylic oxidation sites excluding steroid dienone is 1. The second kappa shape index (κ2) is 12.9. The standard InChI is InChI=1S/C36H48NO4/c1-7-12-27(22-28(38-6)21-25(4)5)39-18-17-31-29-23-34-35(41-20-19-40-34)24-30(29)33-16-15-26-13-10-11-14-32(26)37(33)36(31,8-2)9-3/h10-11,13-16,22-25,28,31H,7-9,12,17-21H2,1-6H3/q+1. The maximum absolute atomic E-state index is 6.60. The van der Waals surface area contributed by atoms with Gasteiger partial charge in [-0.3, -0.25) is 0 Å². The van der Waals surface area contributed by atoms with Crippen LogP contribution in [0.1, 0.15) is 84.6 Å². The second-order valence-corrected chi connectivity index (χ2v) is 12.0. The number of para-hydroxylation sites is 1. The lowest BCUT2D eigenvalue weighted by molar-refractivity contribution is -0.740. The van der Waals surface area contributed by atoms with Crippen LogP contribution in [0.25, 0.3) is 22.2 Å². The van der Waals surface area contributed by atoms with Crippen molar-refractivity contribution in [1.82, 2.24) is 0 Å². The summed E-state index contributed by atoms with van der Waals surface area (Å²) in [6.45, 7) is 13.2. The van der Waals surface area contributed by atoms with E-state index in [4.69, 9.17) is 18.9 Å². The van der Waals surface area contributed by atoms with E-state index in [1.807, 2.05) is 0 Å². The average Bonchev–Trinajstić information content (AvgIpc) is 2.99. The van der Waals surface area contributed by atoms with Gasteiger partial charge in [0.2, 0.25) is 11.2 Å². The first-order valence-electron chi connectivity index (χ1n) is 15.7. The number of hydrogen-bond donors (Lipinski definition) is 0. The Labute approximate surface area is 246 Å². The van der Waals surface area contributed by atoms with Crippen molar-refractivity contribution >= 4 is 10.9 Å². The molecule has 1 aromatic heterocycles. The molecule has 2 aliphatic rings. The van der Waals surface area contributed by atoms with Crippen LogP contribution in [0.3, 0.4) is 0 Å². The number of pyridine rings is 1. The predicted molar refractivity (Wildman–Crippen MR) is 166 cm³/mol. The van der Waals surface area contributed by atoms with Crippen molar-refractivity contribution in [1.29, 1.82) is 0 Å². The summed E-state index contributed by atoms with van der Waals surface area (Å²) in [5.74, 6) is 3.57.